The molecule has 0 aliphatic carbocycles. The number of rotatable bonds is 6. The predicted molar refractivity (Wildman–Crippen MR) is 117 cm³/mol. The van der Waals surface area contributed by atoms with Crippen LogP contribution >= 0.6 is 11.3 Å². The number of carbonyl (C=O) groups excluding carboxylic acids is 1. The van der Waals surface area contributed by atoms with E-state index >= 15 is 0 Å². The smallest absolute Gasteiger partial charge is 0.256 e. The number of aromatic nitrogens is 4. The van der Waals surface area contributed by atoms with E-state index in [-0.39, 0.29) is 11.8 Å². The number of imidazole rings is 1. The van der Waals surface area contributed by atoms with Crippen molar-refractivity contribution in [3.8, 4) is 17.0 Å². The summed E-state index contributed by atoms with van der Waals surface area (Å²) in [6, 6.07) is 7.85. The first-order valence-corrected chi connectivity index (χ1v) is 10.4. The summed E-state index contributed by atoms with van der Waals surface area (Å²) in [5, 5.41) is 10.8. The zero-order valence-electron chi connectivity index (χ0n) is 16.9. The van der Waals surface area contributed by atoms with Gasteiger partial charge in [-0.1, -0.05) is 38.1 Å². The van der Waals surface area contributed by atoms with Gasteiger partial charge in [-0.15, -0.1) is 11.3 Å². The van der Waals surface area contributed by atoms with Crippen LogP contribution in [0.15, 0.2) is 41.4 Å². The van der Waals surface area contributed by atoms with Gasteiger partial charge in [-0.2, -0.15) is 5.10 Å². The third kappa shape index (κ3) is 3.59. The molecule has 0 saturated heterocycles. The van der Waals surface area contributed by atoms with Crippen molar-refractivity contribution in [2.45, 2.75) is 26.3 Å². The quantitative estimate of drug-likeness (QED) is 0.492. The fourth-order valence-corrected chi connectivity index (χ4v) is 3.99. The summed E-state index contributed by atoms with van der Waals surface area (Å²) in [5.74, 6) is 1.82. The number of thiophene rings is 1. The van der Waals surface area contributed by atoms with Gasteiger partial charge in [-0.05, 0) is 5.56 Å². The van der Waals surface area contributed by atoms with Crippen LogP contribution in [0.25, 0.3) is 16.8 Å². The number of carbonyl (C=O) groups is 1. The molecule has 154 valence electrons. The Morgan fingerprint density at radius 3 is 2.73 bits per heavy atom. The van der Waals surface area contributed by atoms with Gasteiger partial charge in [0.2, 0.25) is 0 Å². The van der Waals surface area contributed by atoms with Crippen molar-refractivity contribution in [3.05, 3.63) is 58.3 Å². The van der Waals surface area contributed by atoms with E-state index in [1.54, 1.807) is 22.4 Å². The summed E-state index contributed by atoms with van der Waals surface area (Å²) in [6.07, 6.45) is 1.44. The molecule has 0 unspecified atom stereocenters. The molecule has 1 amide bonds. The molecule has 4 rings (SSSR count). The first-order chi connectivity index (χ1) is 14.5. The average molecular weight is 423 g/mol. The maximum absolute atomic E-state index is 12.4. The van der Waals surface area contributed by atoms with E-state index in [2.05, 4.69) is 29.2 Å². The second kappa shape index (κ2) is 8.11. The molecule has 1 aromatic carbocycles. The van der Waals surface area contributed by atoms with Crippen molar-refractivity contribution in [3.63, 3.8) is 0 Å². The van der Waals surface area contributed by atoms with Gasteiger partial charge in [0.25, 0.3) is 5.91 Å². The van der Waals surface area contributed by atoms with Crippen molar-refractivity contribution < 1.29 is 9.53 Å². The number of hydrogen-bond donors (Lipinski definition) is 2. The Morgan fingerprint density at radius 2 is 2.03 bits per heavy atom. The molecule has 9 heteroatoms. The second-order valence-corrected chi connectivity index (χ2v) is 7.86. The van der Waals surface area contributed by atoms with E-state index in [9.17, 15) is 4.79 Å². The summed E-state index contributed by atoms with van der Waals surface area (Å²) in [5.41, 5.74) is 9.99. The van der Waals surface area contributed by atoms with Gasteiger partial charge in [-0.3, -0.25) is 4.79 Å². The Morgan fingerprint density at radius 1 is 1.27 bits per heavy atom. The van der Waals surface area contributed by atoms with Gasteiger partial charge in [0.1, 0.15) is 29.1 Å². The normalized spacial score (nSPS) is 11.2. The largest absolute Gasteiger partial charge is 0.495 e. The number of ether oxygens (including phenoxy) is 1. The number of nitrogen functional groups attached to an aromatic ring is 1. The highest BCUT2D eigenvalue weighted by Gasteiger charge is 2.19. The van der Waals surface area contributed by atoms with Crippen molar-refractivity contribution in [2.24, 2.45) is 0 Å². The summed E-state index contributed by atoms with van der Waals surface area (Å²) in [6.45, 7) is 4.53. The lowest BCUT2D eigenvalue weighted by Crippen LogP contribution is -2.22. The summed E-state index contributed by atoms with van der Waals surface area (Å²) in [4.78, 5) is 21.3. The summed E-state index contributed by atoms with van der Waals surface area (Å²) < 4.78 is 6.96. The Hall–Kier alpha value is -3.46. The van der Waals surface area contributed by atoms with Gasteiger partial charge in [0.15, 0.2) is 5.82 Å². The van der Waals surface area contributed by atoms with E-state index in [0.29, 0.717) is 29.2 Å². The van der Waals surface area contributed by atoms with Crippen LogP contribution in [-0.2, 0) is 6.54 Å². The minimum absolute atomic E-state index is 0.163. The molecule has 3 aromatic heterocycles. The maximum atomic E-state index is 12.4. The second-order valence-electron chi connectivity index (χ2n) is 7.11. The Kier molecular flexibility index (Phi) is 5.37. The maximum Gasteiger partial charge on any atom is 0.256 e. The molecule has 0 aliphatic heterocycles. The van der Waals surface area contributed by atoms with Crippen molar-refractivity contribution >= 4 is 28.6 Å². The molecule has 0 saturated carbocycles. The fraction of sp³-hybridized carbons (Fsp3) is 0.238. The molecule has 0 aliphatic rings. The highest BCUT2D eigenvalue weighted by atomic mass is 32.1. The SMILES string of the molecule is COc1cscc1C(=O)NCc1ccc(-c2nc(C(C)C)n3ncnc(N)c23)cc1. The molecule has 3 N–H and O–H groups in total. The number of nitrogens with two attached hydrogens (primary N) is 1. The van der Waals surface area contributed by atoms with Gasteiger partial charge < -0.3 is 15.8 Å². The lowest BCUT2D eigenvalue weighted by atomic mass is 10.1. The topological polar surface area (TPSA) is 107 Å². The standard InChI is InChI=1S/C21H22N6O2S/c1-12(2)20-26-17(18-19(22)24-11-25-27(18)20)14-6-4-13(5-7-14)8-23-21(28)15-9-30-10-16(15)29-3/h4-7,9-12H,8H2,1-3H3,(H,23,28)(H2,22,24,25). The number of benzene rings is 1. The van der Waals surface area contributed by atoms with Crippen LogP contribution < -0.4 is 15.8 Å². The molecule has 0 radical (unpaired) electrons. The number of hydrogen-bond acceptors (Lipinski definition) is 7. The van der Waals surface area contributed by atoms with E-state index < -0.39 is 0 Å². The molecule has 0 spiro atoms. The number of nitrogens with one attached hydrogen (secondary N) is 1. The molecule has 4 aromatic rings. The van der Waals surface area contributed by atoms with Gasteiger partial charge in [-0.25, -0.2) is 14.5 Å². The molecule has 3 heterocycles. The first kappa shape index (κ1) is 19.8. The van der Waals surface area contributed by atoms with E-state index in [1.807, 2.05) is 24.3 Å². The van der Waals surface area contributed by atoms with Crippen LogP contribution in [0, 0.1) is 0 Å². The summed E-state index contributed by atoms with van der Waals surface area (Å²) >= 11 is 1.43. The lowest BCUT2D eigenvalue weighted by molar-refractivity contribution is 0.0948. The summed E-state index contributed by atoms with van der Waals surface area (Å²) in [7, 11) is 1.56. The Balaban J connectivity index is 1.56. The van der Waals surface area contributed by atoms with E-state index in [4.69, 9.17) is 15.5 Å². The lowest BCUT2D eigenvalue weighted by Gasteiger charge is -2.07. The van der Waals surface area contributed by atoms with Gasteiger partial charge in [0, 0.05) is 28.8 Å². The molecule has 8 nitrogen and oxygen atoms in total. The third-order valence-electron chi connectivity index (χ3n) is 4.77. The zero-order chi connectivity index (χ0) is 21.3. The molecule has 0 bridgehead atoms. The van der Waals surface area contributed by atoms with Crippen molar-refractivity contribution in [2.75, 3.05) is 12.8 Å². The zero-order valence-corrected chi connectivity index (χ0v) is 17.7. The third-order valence-corrected chi connectivity index (χ3v) is 5.50. The number of methoxy groups -OCH3 is 1. The Labute approximate surface area is 177 Å². The van der Waals surface area contributed by atoms with Gasteiger partial charge in [0.05, 0.1) is 12.7 Å². The minimum atomic E-state index is -0.163. The van der Waals surface area contributed by atoms with E-state index in [1.165, 1.54) is 17.7 Å². The Bertz CT molecular complexity index is 1200. The molecule has 0 fully saturated rings. The van der Waals surface area contributed by atoms with Gasteiger partial charge >= 0.3 is 0 Å². The number of fused-ring (bicyclic) bond motifs is 1. The number of nitrogens with zero attached hydrogens (tertiary/aromatic N) is 4. The number of anilines is 1. The fourth-order valence-electron chi connectivity index (χ4n) is 3.22. The van der Waals surface area contributed by atoms with Crippen molar-refractivity contribution in [1.29, 1.82) is 0 Å². The highest BCUT2D eigenvalue weighted by molar-refractivity contribution is 7.08. The van der Waals surface area contributed by atoms with Crippen LogP contribution in [0.2, 0.25) is 0 Å². The van der Waals surface area contributed by atoms with E-state index in [0.717, 1.165) is 22.6 Å². The van der Waals surface area contributed by atoms with Crippen LogP contribution in [0.4, 0.5) is 5.82 Å². The van der Waals surface area contributed by atoms with Crippen LogP contribution in [0.3, 0.4) is 0 Å². The predicted octanol–water partition coefficient (Wildman–Crippen LogP) is 3.50. The van der Waals surface area contributed by atoms with Crippen LogP contribution in [-0.4, -0.2) is 32.6 Å². The molecular weight excluding hydrogens is 400 g/mol. The molecule has 0 atom stereocenters. The van der Waals surface area contributed by atoms with Crippen molar-refractivity contribution in [1.82, 2.24) is 24.9 Å². The average Bonchev–Trinajstić information content (AvgIpc) is 3.38. The molecule has 30 heavy (non-hydrogen) atoms. The minimum Gasteiger partial charge on any atom is -0.495 e. The molecular formula is C21H22N6O2S. The highest BCUT2D eigenvalue weighted by Crippen LogP contribution is 2.30. The van der Waals surface area contributed by atoms with Crippen LogP contribution in [0.1, 0.15) is 41.5 Å². The first-order valence-electron chi connectivity index (χ1n) is 9.46. The number of amides is 1. The van der Waals surface area contributed by atoms with Crippen LogP contribution in [0.5, 0.6) is 5.75 Å². The monoisotopic (exact) mass is 422 g/mol.